The Balaban J connectivity index is 0.00000312. The average molecular weight is 453 g/mol. The summed E-state index contributed by atoms with van der Waals surface area (Å²) < 4.78 is 5.65. The van der Waals surface area contributed by atoms with Gasteiger partial charge >= 0.3 is 0 Å². The highest BCUT2D eigenvalue weighted by molar-refractivity contribution is 14.0. The zero-order valence-electron chi connectivity index (χ0n) is 14.8. The van der Waals surface area contributed by atoms with E-state index in [1.807, 2.05) is 24.3 Å². The van der Waals surface area contributed by atoms with E-state index in [1.165, 1.54) is 11.1 Å². The third-order valence-corrected chi connectivity index (χ3v) is 3.65. The molecule has 0 aromatic heterocycles. The van der Waals surface area contributed by atoms with Gasteiger partial charge in [-0.3, -0.25) is 4.99 Å². The van der Waals surface area contributed by atoms with Crippen molar-refractivity contribution in [2.75, 3.05) is 26.7 Å². The second-order valence-corrected chi connectivity index (χ2v) is 5.55. The molecule has 0 aliphatic carbocycles. The fraction of sp³-hybridized carbons (Fsp3) is 0.350. The van der Waals surface area contributed by atoms with Gasteiger partial charge in [-0.15, -0.1) is 24.0 Å². The van der Waals surface area contributed by atoms with Crippen LogP contribution >= 0.6 is 24.0 Å². The molecule has 136 valence electrons. The summed E-state index contributed by atoms with van der Waals surface area (Å²) >= 11 is 0. The molecule has 0 radical (unpaired) electrons. The monoisotopic (exact) mass is 453 g/mol. The minimum Gasteiger partial charge on any atom is -0.375 e. The molecule has 25 heavy (non-hydrogen) atoms. The third kappa shape index (κ3) is 9.45. The molecule has 0 saturated carbocycles. The van der Waals surface area contributed by atoms with Crippen LogP contribution in [0.3, 0.4) is 0 Å². The molecular formula is C20H28IN3O. The number of halogens is 1. The second-order valence-electron chi connectivity index (χ2n) is 5.55. The van der Waals surface area contributed by atoms with Crippen molar-refractivity contribution in [3.8, 4) is 0 Å². The minimum absolute atomic E-state index is 0. The van der Waals surface area contributed by atoms with E-state index in [1.54, 1.807) is 7.05 Å². The van der Waals surface area contributed by atoms with Crippen LogP contribution in [-0.2, 0) is 17.8 Å². The SMILES string of the molecule is CN=C(NCCCc1ccccc1)NCCOCc1ccccc1.I. The van der Waals surface area contributed by atoms with Gasteiger partial charge in [-0.1, -0.05) is 60.7 Å². The number of hydrogen-bond donors (Lipinski definition) is 2. The molecule has 0 spiro atoms. The largest absolute Gasteiger partial charge is 0.375 e. The van der Waals surface area contributed by atoms with Gasteiger partial charge in [-0.25, -0.2) is 0 Å². The van der Waals surface area contributed by atoms with Crippen molar-refractivity contribution in [3.05, 3.63) is 71.8 Å². The number of ether oxygens (including phenoxy) is 1. The van der Waals surface area contributed by atoms with Crippen LogP contribution in [0.5, 0.6) is 0 Å². The van der Waals surface area contributed by atoms with Crippen LogP contribution < -0.4 is 10.6 Å². The number of nitrogens with one attached hydrogen (secondary N) is 2. The highest BCUT2D eigenvalue weighted by Gasteiger charge is 1.98. The van der Waals surface area contributed by atoms with E-state index in [2.05, 4.69) is 52.0 Å². The van der Waals surface area contributed by atoms with Crippen LogP contribution in [0.1, 0.15) is 17.5 Å². The lowest BCUT2D eigenvalue weighted by Crippen LogP contribution is -2.39. The average Bonchev–Trinajstić information content (AvgIpc) is 2.65. The lowest BCUT2D eigenvalue weighted by atomic mass is 10.1. The lowest BCUT2D eigenvalue weighted by Gasteiger charge is -2.12. The molecule has 2 aromatic carbocycles. The van der Waals surface area contributed by atoms with Crippen LogP contribution in [-0.4, -0.2) is 32.7 Å². The zero-order chi connectivity index (χ0) is 16.9. The number of aliphatic imine (C=N–C) groups is 1. The van der Waals surface area contributed by atoms with Crippen LogP contribution in [0.4, 0.5) is 0 Å². The van der Waals surface area contributed by atoms with E-state index in [4.69, 9.17) is 4.74 Å². The van der Waals surface area contributed by atoms with Crippen molar-refractivity contribution in [2.24, 2.45) is 4.99 Å². The fourth-order valence-electron chi connectivity index (χ4n) is 2.37. The summed E-state index contributed by atoms with van der Waals surface area (Å²) in [7, 11) is 1.79. The molecule has 0 unspecified atom stereocenters. The van der Waals surface area contributed by atoms with Gasteiger partial charge in [-0.05, 0) is 24.0 Å². The van der Waals surface area contributed by atoms with Crippen molar-refractivity contribution in [2.45, 2.75) is 19.4 Å². The smallest absolute Gasteiger partial charge is 0.191 e. The Morgan fingerprint density at radius 3 is 2.12 bits per heavy atom. The van der Waals surface area contributed by atoms with Gasteiger partial charge in [0.25, 0.3) is 0 Å². The molecule has 2 N–H and O–H groups in total. The first kappa shape index (κ1) is 21.4. The van der Waals surface area contributed by atoms with Crippen molar-refractivity contribution >= 4 is 29.9 Å². The standard InChI is InChI=1S/C20H27N3O.HI/c1-21-20(22-14-8-13-18-9-4-2-5-10-18)23-15-16-24-17-19-11-6-3-7-12-19;/h2-7,9-12H,8,13-17H2,1H3,(H2,21,22,23);1H. The molecule has 0 atom stereocenters. The fourth-order valence-corrected chi connectivity index (χ4v) is 2.37. The number of rotatable bonds is 9. The second kappa shape index (κ2) is 13.7. The first-order valence-corrected chi connectivity index (χ1v) is 8.48. The highest BCUT2D eigenvalue weighted by atomic mass is 127. The maximum atomic E-state index is 5.65. The van der Waals surface area contributed by atoms with Crippen molar-refractivity contribution in [1.29, 1.82) is 0 Å². The van der Waals surface area contributed by atoms with Gasteiger partial charge < -0.3 is 15.4 Å². The molecule has 2 aromatic rings. The summed E-state index contributed by atoms with van der Waals surface area (Å²) in [5.41, 5.74) is 2.57. The van der Waals surface area contributed by atoms with Gasteiger partial charge in [0.15, 0.2) is 5.96 Å². The van der Waals surface area contributed by atoms with Gasteiger partial charge in [-0.2, -0.15) is 0 Å². The maximum Gasteiger partial charge on any atom is 0.191 e. The summed E-state index contributed by atoms with van der Waals surface area (Å²) in [6.07, 6.45) is 2.15. The number of nitrogens with zero attached hydrogens (tertiary/aromatic N) is 1. The summed E-state index contributed by atoms with van der Waals surface area (Å²) in [5.74, 6) is 0.825. The van der Waals surface area contributed by atoms with E-state index in [0.717, 1.165) is 31.9 Å². The van der Waals surface area contributed by atoms with Crippen LogP contribution in [0, 0.1) is 0 Å². The summed E-state index contributed by atoms with van der Waals surface area (Å²) in [5, 5.41) is 6.60. The van der Waals surface area contributed by atoms with Gasteiger partial charge in [0.2, 0.25) is 0 Å². The summed E-state index contributed by atoms with van der Waals surface area (Å²) in [4.78, 5) is 4.23. The first-order valence-electron chi connectivity index (χ1n) is 8.48. The van der Waals surface area contributed by atoms with Gasteiger partial charge in [0, 0.05) is 20.1 Å². The normalized spacial score (nSPS) is 10.8. The number of guanidine groups is 1. The summed E-state index contributed by atoms with van der Waals surface area (Å²) in [6, 6.07) is 20.7. The lowest BCUT2D eigenvalue weighted by molar-refractivity contribution is 0.125. The molecule has 4 nitrogen and oxygen atoms in total. The zero-order valence-corrected chi connectivity index (χ0v) is 17.1. The van der Waals surface area contributed by atoms with Gasteiger partial charge in [0.05, 0.1) is 13.2 Å². The Morgan fingerprint density at radius 2 is 1.48 bits per heavy atom. The Labute approximate surface area is 168 Å². The molecule has 0 amide bonds. The maximum absolute atomic E-state index is 5.65. The van der Waals surface area contributed by atoms with E-state index >= 15 is 0 Å². The van der Waals surface area contributed by atoms with Crippen LogP contribution in [0.15, 0.2) is 65.7 Å². The molecule has 2 rings (SSSR count). The van der Waals surface area contributed by atoms with Crippen molar-refractivity contribution in [3.63, 3.8) is 0 Å². The van der Waals surface area contributed by atoms with Gasteiger partial charge in [0.1, 0.15) is 0 Å². The van der Waals surface area contributed by atoms with E-state index < -0.39 is 0 Å². The molecule has 0 heterocycles. The molecular weight excluding hydrogens is 425 g/mol. The predicted molar refractivity (Wildman–Crippen MR) is 116 cm³/mol. The van der Waals surface area contributed by atoms with E-state index in [0.29, 0.717) is 13.2 Å². The number of hydrogen-bond acceptors (Lipinski definition) is 2. The summed E-state index contributed by atoms with van der Waals surface area (Å²) in [6.45, 7) is 2.94. The van der Waals surface area contributed by atoms with Crippen molar-refractivity contribution in [1.82, 2.24) is 10.6 Å². The van der Waals surface area contributed by atoms with Crippen molar-refractivity contribution < 1.29 is 4.74 Å². The van der Waals surface area contributed by atoms with Crippen LogP contribution in [0.25, 0.3) is 0 Å². The molecule has 5 heteroatoms. The topological polar surface area (TPSA) is 45.7 Å². The Hall–Kier alpha value is -1.60. The third-order valence-electron chi connectivity index (χ3n) is 3.65. The van der Waals surface area contributed by atoms with Crippen LogP contribution in [0.2, 0.25) is 0 Å². The quantitative estimate of drug-likeness (QED) is 0.264. The number of benzene rings is 2. The van der Waals surface area contributed by atoms with E-state index in [9.17, 15) is 0 Å². The number of aryl methyl sites for hydroxylation is 1. The molecule has 0 fully saturated rings. The molecule has 0 aliphatic rings. The molecule has 0 saturated heterocycles. The van der Waals surface area contributed by atoms with E-state index in [-0.39, 0.29) is 24.0 Å². The first-order chi connectivity index (χ1) is 11.9. The Bertz CT molecular complexity index is 590. The molecule has 0 aliphatic heterocycles. The molecule has 0 bridgehead atoms. The highest BCUT2D eigenvalue weighted by Crippen LogP contribution is 2.01. The Kier molecular flexibility index (Phi) is 11.7. The minimum atomic E-state index is 0. The predicted octanol–water partition coefficient (Wildman–Crippen LogP) is 3.62. The Morgan fingerprint density at radius 1 is 0.880 bits per heavy atom.